The first-order chi connectivity index (χ1) is 16.3. The number of carbonyl (C=O) groups is 1. The van der Waals surface area contributed by atoms with Gasteiger partial charge in [-0.2, -0.15) is 8.78 Å². The molecule has 174 valence electrons. The molecule has 0 saturated carbocycles. The Labute approximate surface area is 196 Å². The van der Waals surface area contributed by atoms with Gasteiger partial charge in [0.15, 0.2) is 0 Å². The number of halogens is 2. The van der Waals surface area contributed by atoms with E-state index in [1.165, 1.54) is 26.2 Å². The monoisotopic (exact) mass is 482 g/mol. The number of pyridine rings is 1. The highest BCUT2D eigenvalue weighted by molar-refractivity contribution is 7.17. The summed E-state index contributed by atoms with van der Waals surface area (Å²) in [4.78, 5) is 34.0. The Morgan fingerprint density at radius 1 is 1.15 bits per heavy atom. The number of amides is 1. The van der Waals surface area contributed by atoms with Crippen LogP contribution >= 0.6 is 9.24 Å². The molecule has 0 aliphatic carbocycles. The molecule has 0 aliphatic rings. The highest BCUT2D eigenvalue weighted by atomic mass is 31.0. The van der Waals surface area contributed by atoms with Crippen LogP contribution in [0.5, 0.6) is 5.75 Å². The van der Waals surface area contributed by atoms with Gasteiger partial charge in [-0.3, -0.25) is 19.1 Å². The first-order valence-corrected chi connectivity index (χ1v) is 10.9. The van der Waals surface area contributed by atoms with E-state index in [0.717, 1.165) is 23.6 Å². The number of hydrogen-bond donors (Lipinski definition) is 1. The number of carbonyl (C=O) groups excluding carboxylic acids is 1. The third kappa shape index (κ3) is 4.94. The molecule has 34 heavy (non-hydrogen) atoms. The highest BCUT2D eigenvalue weighted by Crippen LogP contribution is 2.33. The molecule has 2 heterocycles. The predicted molar refractivity (Wildman–Crippen MR) is 128 cm³/mol. The van der Waals surface area contributed by atoms with Crippen LogP contribution in [0.2, 0.25) is 0 Å². The fourth-order valence-corrected chi connectivity index (χ4v) is 3.72. The van der Waals surface area contributed by atoms with Gasteiger partial charge in [-0.05, 0) is 42.3 Å². The van der Waals surface area contributed by atoms with Gasteiger partial charge < -0.3 is 10.1 Å². The molecular formula is C24H21F2N4O3P. The number of ether oxygens (including phenoxy) is 1. The predicted octanol–water partition coefficient (Wildman–Crippen LogP) is 4.22. The average molecular weight is 482 g/mol. The number of methoxy groups -OCH3 is 1. The minimum Gasteiger partial charge on any atom is -0.496 e. The van der Waals surface area contributed by atoms with Gasteiger partial charge in [0.05, 0.1) is 30.0 Å². The van der Waals surface area contributed by atoms with Crippen molar-refractivity contribution >= 4 is 31.7 Å². The van der Waals surface area contributed by atoms with Gasteiger partial charge in [0, 0.05) is 18.3 Å². The molecule has 2 aromatic heterocycles. The Morgan fingerprint density at radius 2 is 1.94 bits per heavy atom. The summed E-state index contributed by atoms with van der Waals surface area (Å²) in [5, 5.41) is 2.87. The Hall–Kier alpha value is -3.71. The van der Waals surface area contributed by atoms with Gasteiger partial charge in [-0.25, -0.2) is 4.98 Å². The van der Waals surface area contributed by atoms with Crippen molar-refractivity contribution in [1.82, 2.24) is 14.5 Å². The largest absolute Gasteiger partial charge is 0.496 e. The summed E-state index contributed by atoms with van der Waals surface area (Å²) in [7, 11) is 2.98. The summed E-state index contributed by atoms with van der Waals surface area (Å²) < 4.78 is 34.0. The normalized spacial score (nSPS) is 11.4. The van der Waals surface area contributed by atoms with E-state index in [0.29, 0.717) is 18.5 Å². The number of nitrogens with zero attached hydrogens (tertiary/aromatic N) is 3. The lowest BCUT2D eigenvalue weighted by molar-refractivity contribution is 0.0978. The summed E-state index contributed by atoms with van der Waals surface area (Å²) in [5.41, 5.74) is -2.58. The van der Waals surface area contributed by atoms with E-state index in [9.17, 15) is 18.4 Å². The van der Waals surface area contributed by atoms with Crippen molar-refractivity contribution in [2.45, 2.75) is 18.6 Å². The van der Waals surface area contributed by atoms with Crippen LogP contribution in [0.1, 0.15) is 21.6 Å². The minimum absolute atomic E-state index is 0.00971. The fourth-order valence-electron chi connectivity index (χ4n) is 3.56. The number of hydrogen-bond acceptors (Lipinski definition) is 5. The number of fused-ring (bicyclic) bond motifs is 1. The van der Waals surface area contributed by atoms with Crippen LogP contribution in [0, 0.1) is 0 Å². The second-order valence-electron chi connectivity index (χ2n) is 7.51. The summed E-state index contributed by atoms with van der Waals surface area (Å²) >= 11 is 0. The lowest BCUT2D eigenvalue weighted by atomic mass is 10.1. The molecule has 4 aromatic rings. The van der Waals surface area contributed by atoms with E-state index in [2.05, 4.69) is 15.3 Å². The molecule has 0 radical (unpaired) electrons. The van der Waals surface area contributed by atoms with Crippen LogP contribution in [0.15, 0.2) is 71.9 Å². The zero-order valence-corrected chi connectivity index (χ0v) is 19.3. The summed E-state index contributed by atoms with van der Waals surface area (Å²) in [6, 6.07) is 14.8. The van der Waals surface area contributed by atoms with Crippen molar-refractivity contribution in [3.63, 3.8) is 0 Å². The zero-order valence-electron chi connectivity index (χ0n) is 18.2. The van der Waals surface area contributed by atoms with E-state index in [1.54, 1.807) is 25.3 Å². The van der Waals surface area contributed by atoms with E-state index < -0.39 is 17.3 Å². The van der Waals surface area contributed by atoms with E-state index >= 15 is 0 Å². The quantitative estimate of drug-likeness (QED) is 0.399. The third-order valence-electron chi connectivity index (χ3n) is 5.28. The molecule has 0 spiro atoms. The van der Waals surface area contributed by atoms with Gasteiger partial charge in [-0.1, -0.05) is 33.5 Å². The number of para-hydroxylation sites is 1. The second kappa shape index (κ2) is 9.65. The maximum atomic E-state index is 13.6. The maximum Gasteiger partial charge on any atom is 0.300 e. The highest BCUT2D eigenvalue weighted by Gasteiger charge is 2.27. The molecule has 0 saturated heterocycles. The SMILES string of the molecule is COc1ccccc1CCn1cnc2cccc(NC(=O)c3ccnc(C(F)(F)P)c3)c2c1=O. The van der Waals surface area contributed by atoms with Crippen LogP contribution < -0.4 is 15.6 Å². The number of benzene rings is 2. The third-order valence-corrected chi connectivity index (χ3v) is 5.58. The van der Waals surface area contributed by atoms with Crippen LogP contribution in [-0.4, -0.2) is 27.6 Å². The molecule has 1 atom stereocenters. The Kier molecular flexibility index (Phi) is 6.65. The number of rotatable bonds is 7. The maximum absolute atomic E-state index is 13.6. The Balaban J connectivity index is 1.64. The molecule has 1 N–H and O–H groups in total. The van der Waals surface area contributed by atoms with Crippen molar-refractivity contribution in [1.29, 1.82) is 0 Å². The Bertz CT molecular complexity index is 1420. The lowest BCUT2D eigenvalue weighted by Crippen LogP contribution is -2.23. The van der Waals surface area contributed by atoms with E-state index in [-0.39, 0.29) is 22.2 Å². The molecule has 0 bridgehead atoms. The van der Waals surface area contributed by atoms with Gasteiger partial charge in [0.25, 0.3) is 17.1 Å². The molecule has 1 amide bonds. The van der Waals surface area contributed by atoms with Crippen LogP contribution in [0.25, 0.3) is 10.9 Å². The topological polar surface area (TPSA) is 86.1 Å². The van der Waals surface area contributed by atoms with Crippen LogP contribution in [0.3, 0.4) is 0 Å². The number of nitrogens with one attached hydrogen (secondary N) is 1. The van der Waals surface area contributed by atoms with Crippen molar-refractivity contribution in [3.05, 3.63) is 94.3 Å². The molecule has 10 heteroatoms. The standard InChI is InChI=1S/C24H21F2N4O3P/c1-33-19-8-3-2-5-15(19)10-12-30-14-28-17-6-4-7-18(21(17)23(30)32)29-22(31)16-9-11-27-20(13-16)24(25,26)34/h2-9,11,13-14H,10,12,34H2,1H3,(H,29,31). The van der Waals surface area contributed by atoms with E-state index in [4.69, 9.17) is 4.74 Å². The van der Waals surface area contributed by atoms with Crippen LogP contribution in [0.4, 0.5) is 14.5 Å². The Morgan fingerprint density at radius 3 is 2.71 bits per heavy atom. The summed E-state index contributed by atoms with van der Waals surface area (Å²) in [6.07, 6.45) is 3.13. The minimum atomic E-state index is -3.27. The van der Waals surface area contributed by atoms with Gasteiger partial charge >= 0.3 is 0 Å². The molecule has 4 rings (SSSR count). The number of anilines is 1. The van der Waals surface area contributed by atoms with Crippen molar-refractivity contribution in [3.8, 4) is 5.75 Å². The molecule has 0 fully saturated rings. The average Bonchev–Trinajstić information content (AvgIpc) is 2.83. The van der Waals surface area contributed by atoms with Gasteiger partial charge in [0.2, 0.25) is 0 Å². The van der Waals surface area contributed by atoms with Crippen molar-refractivity contribution in [2.75, 3.05) is 12.4 Å². The van der Waals surface area contributed by atoms with Crippen LogP contribution in [-0.2, 0) is 18.6 Å². The summed E-state index contributed by atoms with van der Waals surface area (Å²) in [6.45, 7) is 0.349. The fraction of sp³-hybridized carbons (Fsp3) is 0.167. The number of aromatic nitrogens is 3. The zero-order chi connectivity index (χ0) is 24.3. The van der Waals surface area contributed by atoms with Gasteiger partial charge in [-0.15, -0.1) is 0 Å². The van der Waals surface area contributed by atoms with E-state index in [1.807, 2.05) is 24.3 Å². The molecule has 7 nitrogen and oxygen atoms in total. The first kappa shape index (κ1) is 23.4. The van der Waals surface area contributed by atoms with Crippen molar-refractivity contribution < 1.29 is 18.3 Å². The lowest BCUT2D eigenvalue weighted by Gasteiger charge is -2.13. The number of aryl methyl sites for hydroxylation is 2. The second-order valence-corrected chi connectivity index (χ2v) is 8.24. The molecule has 0 aliphatic heterocycles. The first-order valence-electron chi connectivity index (χ1n) is 10.3. The van der Waals surface area contributed by atoms with Crippen molar-refractivity contribution in [2.24, 2.45) is 0 Å². The summed E-state index contributed by atoms with van der Waals surface area (Å²) in [5.74, 6) is 0.0826. The molecule has 2 aromatic carbocycles. The smallest absolute Gasteiger partial charge is 0.300 e. The van der Waals surface area contributed by atoms with Gasteiger partial charge in [0.1, 0.15) is 11.4 Å². The molecule has 1 unspecified atom stereocenters. The molecular weight excluding hydrogens is 461 g/mol. The number of alkyl halides is 2.